The molecule has 3 aromatic rings. The molecule has 0 unspecified atom stereocenters. The minimum Gasteiger partial charge on any atom is -0.290 e. The normalized spacial score (nSPS) is 10.6. The van der Waals surface area contributed by atoms with E-state index in [0.717, 1.165) is 5.56 Å². The number of benzene rings is 1. The molecule has 0 aliphatic carbocycles. The average molecular weight is 254 g/mol. The van der Waals surface area contributed by atoms with Gasteiger partial charge in [0.05, 0.1) is 0 Å². The molecule has 0 spiro atoms. The fraction of sp³-hybridized carbons (Fsp3) is 0.0833. The van der Waals surface area contributed by atoms with E-state index in [0.29, 0.717) is 11.3 Å². The highest BCUT2D eigenvalue weighted by molar-refractivity contribution is 6.03. The minimum absolute atomic E-state index is 0.254. The van der Waals surface area contributed by atoms with Gasteiger partial charge in [-0.25, -0.2) is 4.98 Å². The standard InChI is InChI=1S/C12H10N6O/c1-8-2-4-9(5-3-8)10(19)17-12-14-6-13-11-15-7-16-18(11)12/h2-7H,1H3,(H,13,14,15,16,17,19). The third-order valence-corrected chi connectivity index (χ3v) is 2.62. The molecule has 0 aliphatic rings. The Hall–Kier alpha value is -2.83. The number of nitrogens with zero attached hydrogens (tertiary/aromatic N) is 5. The van der Waals surface area contributed by atoms with Crippen molar-refractivity contribution in [3.63, 3.8) is 0 Å². The molecule has 7 nitrogen and oxygen atoms in total. The molecule has 1 N–H and O–H groups in total. The third-order valence-electron chi connectivity index (χ3n) is 2.62. The topological polar surface area (TPSA) is 85.1 Å². The maximum absolute atomic E-state index is 12.1. The average Bonchev–Trinajstić information content (AvgIpc) is 2.89. The Morgan fingerprint density at radius 2 is 1.84 bits per heavy atom. The lowest BCUT2D eigenvalue weighted by Gasteiger charge is -2.05. The van der Waals surface area contributed by atoms with Crippen molar-refractivity contribution in [3.8, 4) is 0 Å². The van der Waals surface area contributed by atoms with Crippen LogP contribution in [-0.4, -0.2) is 30.5 Å². The lowest BCUT2D eigenvalue weighted by atomic mass is 10.1. The van der Waals surface area contributed by atoms with E-state index in [1.165, 1.54) is 17.2 Å². The Balaban J connectivity index is 1.90. The van der Waals surface area contributed by atoms with Crippen molar-refractivity contribution in [1.82, 2.24) is 24.6 Å². The van der Waals surface area contributed by atoms with Crippen LogP contribution in [0, 0.1) is 6.92 Å². The highest BCUT2D eigenvalue weighted by Gasteiger charge is 2.10. The zero-order valence-corrected chi connectivity index (χ0v) is 10.1. The van der Waals surface area contributed by atoms with Crippen LogP contribution in [0.15, 0.2) is 36.9 Å². The van der Waals surface area contributed by atoms with Crippen LogP contribution >= 0.6 is 0 Å². The van der Waals surface area contributed by atoms with Crippen molar-refractivity contribution in [2.45, 2.75) is 6.92 Å². The van der Waals surface area contributed by atoms with E-state index >= 15 is 0 Å². The minimum atomic E-state index is -0.254. The number of carbonyl (C=O) groups is 1. The van der Waals surface area contributed by atoms with Crippen LogP contribution in [0.5, 0.6) is 0 Å². The van der Waals surface area contributed by atoms with Gasteiger partial charge in [-0.2, -0.15) is 19.6 Å². The van der Waals surface area contributed by atoms with Gasteiger partial charge in [0.15, 0.2) is 0 Å². The van der Waals surface area contributed by atoms with Crippen molar-refractivity contribution < 1.29 is 4.79 Å². The number of carbonyl (C=O) groups excluding carboxylic acids is 1. The predicted octanol–water partition coefficient (Wildman–Crippen LogP) is 1.08. The number of aromatic nitrogens is 5. The van der Waals surface area contributed by atoms with Gasteiger partial charge in [0.2, 0.25) is 5.95 Å². The Bertz CT molecular complexity index is 733. The van der Waals surface area contributed by atoms with Crippen molar-refractivity contribution in [1.29, 1.82) is 0 Å². The second-order valence-corrected chi connectivity index (χ2v) is 3.99. The maximum atomic E-state index is 12.1. The Kier molecular flexibility index (Phi) is 2.64. The van der Waals surface area contributed by atoms with Gasteiger partial charge in [-0.15, -0.1) is 0 Å². The van der Waals surface area contributed by atoms with Crippen molar-refractivity contribution in [3.05, 3.63) is 48.0 Å². The van der Waals surface area contributed by atoms with Gasteiger partial charge in [-0.05, 0) is 19.1 Å². The van der Waals surface area contributed by atoms with Gasteiger partial charge < -0.3 is 0 Å². The van der Waals surface area contributed by atoms with Crippen LogP contribution in [0.1, 0.15) is 15.9 Å². The first-order chi connectivity index (χ1) is 9.24. The summed E-state index contributed by atoms with van der Waals surface area (Å²) in [5.74, 6) is 0.415. The van der Waals surface area contributed by atoms with E-state index in [4.69, 9.17) is 0 Å². The summed E-state index contributed by atoms with van der Waals surface area (Å²) in [5, 5.41) is 6.62. The zero-order valence-electron chi connectivity index (χ0n) is 10.1. The number of rotatable bonds is 2. The summed E-state index contributed by atoms with van der Waals surface area (Å²) < 4.78 is 1.37. The first-order valence-corrected chi connectivity index (χ1v) is 5.63. The largest absolute Gasteiger partial charge is 0.290 e. The SMILES string of the molecule is Cc1ccc(C(=O)Nc2ncnc3ncnn23)cc1. The zero-order chi connectivity index (χ0) is 13.2. The molecule has 0 saturated carbocycles. The van der Waals surface area contributed by atoms with Crippen LogP contribution in [0.25, 0.3) is 5.78 Å². The van der Waals surface area contributed by atoms with E-state index in [-0.39, 0.29) is 11.9 Å². The molecule has 0 fully saturated rings. The molecule has 94 valence electrons. The number of amides is 1. The van der Waals surface area contributed by atoms with E-state index in [1.54, 1.807) is 12.1 Å². The third kappa shape index (κ3) is 2.13. The molecular weight excluding hydrogens is 244 g/mol. The molecule has 7 heteroatoms. The molecule has 3 rings (SSSR count). The summed E-state index contributed by atoms with van der Waals surface area (Å²) in [5.41, 5.74) is 1.65. The van der Waals surface area contributed by atoms with E-state index in [2.05, 4.69) is 25.4 Å². The summed E-state index contributed by atoms with van der Waals surface area (Å²) in [4.78, 5) is 23.9. The fourth-order valence-electron chi connectivity index (χ4n) is 1.63. The fourth-order valence-corrected chi connectivity index (χ4v) is 1.63. The predicted molar refractivity (Wildman–Crippen MR) is 67.7 cm³/mol. The smallest absolute Gasteiger partial charge is 0.258 e. The van der Waals surface area contributed by atoms with Crippen molar-refractivity contribution in [2.75, 3.05) is 5.32 Å². The number of hydrogen-bond donors (Lipinski definition) is 1. The number of fused-ring (bicyclic) bond motifs is 1. The van der Waals surface area contributed by atoms with Gasteiger partial charge >= 0.3 is 0 Å². The molecule has 1 aromatic carbocycles. The van der Waals surface area contributed by atoms with Gasteiger partial charge in [0.1, 0.15) is 12.7 Å². The van der Waals surface area contributed by atoms with Gasteiger partial charge in [0.25, 0.3) is 11.7 Å². The highest BCUT2D eigenvalue weighted by atomic mass is 16.1. The molecule has 0 bridgehead atoms. The van der Waals surface area contributed by atoms with Crippen molar-refractivity contribution in [2.24, 2.45) is 0 Å². The molecular formula is C12H10N6O. The molecule has 0 aliphatic heterocycles. The molecule has 19 heavy (non-hydrogen) atoms. The molecule has 0 radical (unpaired) electrons. The first-order valence-electron chi connectivity index (χ1n) is 5.63. The van der Waals surface area contributed by atoms with Crippen LogP contribution in [0.4, 0.5) is 5.95 Å². The summed E-state index contributed by atoms with van der Waals surface area (Å²) in [6.45, 7) is 1.96. The Morgan fingerprint density at radius 3 is 2.63 bits per heavy atom. The summed E-state index contributed by atoms with van der Waals surface area (Å²) in [7, 11) is 0. The maximum Gasteiger partial charge on any atom is 0.258 e. The lowest BCUT2D eigenvalue weighted by molar-refractivity contribution is 0.102. The number of hydrogen-bond acceptors (Lipinski definition) is 5. The molecule has 0 saturated heterocycles. The molecule has 2 aromatic heterocycles. The van der Waals surface area contributed by atoms with Crippen LogP contribution in [-0.2, 0) is 0 Å². The summed E-state index contributed by atoms with van der Waals surface area (Å²) in [6.07, 6.45) is 2.68. The number of aryl methyl sites for hydroxylation is 1. The van der Waals surface area contributed by atoms with Crippen molar-refractivity contribution >= 4 is 17.6 Å². The first kappa shape index (κ1) is 11.3. The molecule has 1 amide bonds. The Morgan fingerprint density at radius 1 is 1.11 bits per heavy atom. The molecule has 0 atom stereocenters. The number of anilines is 1. The van der Waals surface area contributed by atoms with Crippen LogP contribution in [0.2, 0.25) is 0 Å². The van der Waals surface area contributed by atoms with Crippen LogP contribution in [0.3, 0.4) is 0 Å². The van der Waals surface area contributed by atoms with Gasteiger partial charge in [0, 0.05) is 5.56 Å². The van der Waals surface area contributed by atoms with E-state index in [1.807, 2.05) is 19.1 Å². The van der Waals surface area contributed by atoms with E-state index < -0.39 is 0 Å². The number of nitrogens with one attached hydrogen (secondary N) is 1. The monoisotopic (exact) mass is 254 g/mol. The lowest BCUT2D eigenvalue weighted by Crippen LogP contribution is -2.16. The Labute approximate surface area is 108 Å². The summed E-state index contributed by atoms with van der Waals surface area (Å²) >= 11 is 0. The second-order valence-electron chi connectivity index (χ2n) is 3.99. The molecule has 2 heterocycles. The summed E-state index contributed by atoms with van der Waals surface area (Å²) in [6, 6.07) is 7.26. The van der Waals surface area contributed by atoms with Gasteiger partial charge in [-0.3, -0.25) is 10.1 Å². The highest BCUT2D eigenvalue weighted by Crippen LogP contribution is 2.07. The second kappa shape index (κ2) is 4.45. The van der Waals surface area contributed by atoms with E-state index in [9.17, 15) is 4.79 Å². The quantitative estimate of drug-likeness (QED) is 0.739. The van der Waals surface area contributed by atoms with Gasteiger partial charge in [-0.1, -0.05) is 17.7 Å². The van der Waals surface area contributed by atoms with Crippen LogP contribution < -0.4 is 5.32 Å².